The lowest BCUT2D eigenvalue weighted by Gasteiger charge is -2.16. The molecule has 4 nitrogen and oxygen atoms in total. The molecule has 1 aromatic rings. The van der Waals surface area contributed by atoms with Gasteiger partial charge in [0.2, 0.25) is 0 Å². The van der Waals surface area contributed by atoms with Crippen molar-refractivity contribution in [1.82, 2.24) is 0 Å². The Kier molecular flexibility index (Phi) is 4.34. The maximum atomic E-state index is 11.5. The third kappa shape index (κ3) is 3.86. The van der Waals surface area contributed by atoms with E-state index < -0.39 is 11.9 Å². The number of carbonyl (C=O) groups excluding carboxylic acids is 1. The Balaban J connectivity index is 1.86. The average molecular weight is 264 g/mol. The molecule has 1 fully saturated rings. The van der Waals surface area contributed by atoms with Crippen LogP contribution in [0, 0.1) is 0 Å². The molecular formula is C15H20O4. The van der Waals surface area contributed by atoms with E-state index in [9.17, 15) is 4.79 Å². The van der Waals surface area contributed by atoms with E-state index in [1.54, 1.807) is 13.8 Å². The van der Waals surface area contributed by atoms with Gasteiger partial charge in [-0.1, -0.05) is 30.3 Å². The highest BCUT2D eigenvalue weighted by Crippen LogP contribution is 2.28. The number of hydrogen-bond acceptors (Lipinski definition) is 4. The van der Waals surface area contributed by atoms with E-state index in [0.717, 1.165) is 5.56 Å². The largest absolute Gasteiger partial charge is 0.374 e. The molecule has 0 radical (unpaired) electrons. The van der Waals surface area contributed by atoms with Gasteiger partial charge in [-0.15, -0.1) is 0 Å². The second-order valence-corrected chi connectivity index (χ2v) is 5.21. The van der Waals surface area contributed by atoms with Crippen LogP contribution in [0.15, 0.2) is 30.3 Å². The molecular weight excluding hydrogens is 244 g/mol. The molecule has 1 aliphatic rings. The van der Waals surface area contributed by atoms with Gasteiger partial charge in [-0.3, -0.25) is 4.79 Å². The second-order valence-electron chi connectivity index (χ2n) is 5.21. The highest BCUT2D eigenvalue weighted by atomic mass is 16.8. The van der Waals surface area contributed by atoms with Crippen LogP contribution >= 0.6 is 0 Å². The van der Waals surface area contributed by atoms with Gasteiger partial charge in [0.05, 0.1) is 13.2 Å². The number of benzene rings is 1. The minimum atomic E-state index is -0.725. The fourth-order valence-electron chi connectivity index (χ4n) is 2.17. The van der Waals surface area contributed by atoms with Gasteiger partial charge in [0.15, 0.2) is 11.6 Å². The van der Waals surface area contributed by atoms with Crippen LogP contribution in [0.3, 0.4) is 0 Å². The lowest BCUT2D eigenvalue weighted by atomic mass is 10.1. The van der Waals surface area contributed by atoms with Gasteiger partial charge in [-0.05, 0) is 26.3 Å². The number of rotatable bonds is 5. The van der Waals surface area contributed by atoms with Gasteiger partial charge in [0, 0.05) is 0 Å². The highest BCUT2D eigenvalue weighted by Gasteiger charge is 2.43. The Labute approximate surface area is 113 Å². The summed E-state index contributed by atoms with van der Waals surface area (Å²) in [5.41, 5.74) is 1.10. The summed E-state index contributed by atoms with van der Waals surface area (Å²) >= 11 is 0. The third-order valence-corrected chi connectivity index (χ3v) is 2.98. The smallest absolute Gasteiger partial charge is 0.164 e. The van der Waals surface area contributed by atoms with Crippen molar-refractivity contribution >= 4 is 5.78 Å². The molecule has 0 aromatic heterocycles. The summed E-state index contributed by atoms with van der Waals surface area (Å²) in [5.74, 6) is -0.754. The van der Waals surface area contributed by atoms with Crippen LogP contribution in [0.4, 0.5) is 0 Å². The van der Waals surface area contributed by atoms with Gasteiger partial charge in [0.25, 0.3) is 0 Å². The Hall–Kier alpha value is -1.23. The summed E-state index contributed by atoms with van der Waals surface area (Å²) in [6.45, 7) is 5.98. The van der Waals surface area contributed by atoms with Crippen molar-refractivity contribution < 1.29 is 19.0 Å². The fraction of sp³-hybridized carbons (Fsp3) is 0.533. The molecule has 1 aromatic carbocycles. The molecule has 0 saturated carbocycles. The van der Waals surface area contributed by atoms with Crippen LogP contribution < -0.4 is 0 Å². The maximum absolute atomic E-state index is 11.5. The zero-order valence-electron chi connectivity index (χ0n) is 11.6. The van der Waals surface area contributed by atoms with Crippen LogP contribution in [0.2, 0.25) is 0 Å². The summed E-state index contributed by atoms with van der Waals surface area (Å²) in [6, 6.07) is 9.90. The van der Waals surface area contributed by atoms with E-state index in [1.165, 1.54) is 6.92 Å². The van der Waals surface area contributed by atoms with Gasteiger partial charge in [0.1, 0.15) is 12.2 Å². The van der Waals surface area contributed by atoms with E-state index in [0.29, 0.717) is 13.2 Å². The Morgan fingerprint density at radius 1 is 1.26 bits per heavy atom. The minimum Gasteiger partial charge on any atom is -0.374 e. The summed E-state index contributed by atoms with van der Waals surface area (Å²) in [4.78, 5) is 11.5. The third-order valence-electron chi connectivity index (χ3n) is 2.98. The summed E-state index contributed by atoms with van der Waals surface area (Å²) in [6.07, 6.45) is -0.873. The molecule has 1 saturated heterocycles. The van der Waals surface area contributed by atoms with Crippen molar-refractivity contribution in [2.45, 2.75) is 45.4 Å². The molecule has 104 valence electrons. The van der Waals surface area contributed by atoms with Crippen LogP contribution in [0.5, 0.6) is 0 Å². The van der Waals surface area contributed by atoms with Crippen LogP contribution in [-0.2, 0) is 25.6 Å². The predicted molar refractivity (Wildman–Crippen MR) is 70.6 cm³/mol. The van der Waals surface area contributed by atoms with Crippen molar-refractivity contribution in [3.05, 3.63) is 35.9 Å². The van der Waals surface area contributed by atoms with Crippen molar-refractivity contribution in [2.75, 3.05) is 6.61 Å². The first-order valence-corrected chi connectivity index (χ1v) is 6.46. The van der Waals surface area contributed by atoms with Crippen molar-refractivity contribution in [3.8, 4) is 0 Å². The standard InChI is InChI=1S/C15H20O4/c1-11(16)14-13(18-15(2,3)19-14)10-17-9-12-7-5-4-6-8-12/h4-8,13-14H,9-10H2,1-3H3/t13-,14+/m1/s1. The summed E-state index contributed by atoms with van der Waals surface area (Å²) in [7, 11) is 0. The van der Waals surface area contributed by atoms with Gasteiger partial charge in [-0.25, -0.2) is 0 Å². The lowest BCUT2D eigenvalue weighted by molar-refractivity contribution is -0.156. The van der Waals surface area contributed by atoms with Crippen LogP contribution in [-0.4, -0.2) is 30.4 Å². The van der Waals surface area contributed by atoms with Crippen LogP contribution in [0.1, 0.15) is 26.3 Å². The predicted octanol–water partition coefficient (Wildman–Crippen LogP) is 2.31. The number of hydrogen-bond donors (Lipinski definition) is 0. The molecule has 2 atom stereocenters. The zero-order chi connectivity index (χ0) is 13.9. The molecule has 19 heavy (non-hydrogen) atoms. The topological polar surface area (TPSA) is 44.8 Å². The molecule has 0 spiro atoms. The summed E-state index contributed by atoms with van der Waals surface area (Å²) < 4.78 is 16.9. The van der Waals surface area contributed by atoms with Crippen molar-refractivity contribution in [1.29, 1.82) is 0 Å². The number of carbonyl (C=O) groups is 1. The van der Waals surface area contributed by atoms with Crippen molar-refractivity contribution in [3.63, 3.8) is 0 Å². The van der Waals surface area contributed by atoms with E-state index in [1.807, 2.05) is 30.3 Å². The Morgan fingerprint density at radius 2 is 1.95 bits per heavy atom. The SMILES string of the molecule is CC(=O)[C@@H]1OC(C)(C)O[C@@H]1COCc1ccccc1. The lowest BCUT2D eigenvalue weighted by Crippen LogP contribution is -2.33. The van der Waals surface area contributed by atoms with E-state index in [4.69, 9.17) is 14.2 Å². The molecule has 0 bridgehead atoms. The number of Topliss-reactive ketones (excluding diaryl/α,β-unsaturated/α-hetero) is 1. The quantitative estimate of drug-likeness (QED) is 0.818. The van der Waals surface area contributed by atoms with Crippen molar-refractivity contribution in [2.24, 2.45) is 0 Å². The van der Waals surface area contributed by atoms with E-state index in [-0.39, 0.29) is 11.9 Å². The molecule has 0 N–H and O–H groups in total. The highest BCUT2D eigenvalue weighted by molar-refractivity contribution is 5.81. The summed E-state index contributed by atoms with van der Waals surface area (Å²) in [5, 5.41) is 0. The minimum absolute atomic E-state index is 0.0288. The zero-order valence-corrected chi connectivity index (χ0v) is 11.6. The van der Waals surface area contributed by atoms with Gasteiger partial charge >= 0.3 is 0 Å². The fourth-order valence-corrected chi connectivity index (χ4v) is 2.17. The monoisotopic (exact) mass is 264 g/mol. The first kappa shape index (κ1) is 14.2. The second kappa shape index (κ2) is 5.82. The Morgan fingerprint density at radius 3 is 2.58 bits per heavy atom. The van der Waals surface area contributed by atoms with Gasteiger partial charge < -0.3 is 14.2 Å². The number of ketones is 1. The molecule has 1 heterocycles. The molecule has 0 amide bonds. The molecule has 4 heteroatoms. The number of ether oxygens (including phenoxy) is 3. The first-order chi connectivity index (χ1) is 8.98. The molecule has 2 rings (SSSR count). The average Bonchev–Trinajstić information content (AvgIpc) is 2.66. The van der Waals surface area contributed by atoms with E-state index >= 15 is 0 Å². The molecule has 0 unspecified atom stereocenters. The maximum Gasteiger partial charge on any atom is 0.164 e. The molecule has 0 aliphatic carbocycles. The van der Waals surface area contributed by atoms with E-state index in [2.05, 4.69) is 0 Å². The normalized spacial score (nSPS) is 25.4. The van der Waals surface area contributed by atoms with Gasteiger partial charge in [-0.2, -0.15) is 0 Å². The van der Waals surface area contributed by atoms with Crippen LogP contribution in [0.25, 0.3) is 0 Å². The molecule has 1 aliphatic heterocycles. The first-order valence-electron chi connectivity index (χ1n) is 6.46. The Bertz CT molecular complexity index is 427.